The molecule has 0 atom stereocenters. The zero-order valence-electron chi connectivity index (χ0n) is 18.5. The molecule has 10 heteroatoms. The van der Waals surface area contributed by atoms with Crippen molar-refractivity contribution in [2.24, 2.45) is 0 Å². The maximum Gasteiger partial charge on any atom is 0.250 e. The molecule has 0 unspecified atom stereocenters. The molecular formula is C22H26N4O6. The van der Waals surface area contributed by atoms with E-state index in [1.807, 2.05) is 13.8 Å². The van der Waals surface area contributed by atoms with E-state index in [4.69, 9.17) is 18.3 Å². The Morgan fingerprint density at radius 1 is 0.781 bits per heavy atom. The van der Waals surface area contributed by atoms with Crippen LogP contribution in [0.15, 0.2) is 33.4 Å². The number of hydrogen-bond donors (Lipinski definition) is 2. The van der Waals surface area contributed by atoms with Gasteiger partial charge in [-0.05, 0) is 51.0 Å². The number of aryl methyl sites for hydroxylation is 2. The molecule has 2 aromatic heterocycles. The molecule has 2 amide bonds. The number of amides is 2. The molecule has 3 rings (SSSR count). The van der Waals surface area contributed by atoms with Gasteiger partial charge in [-0.3, -0.25) is 9.59 Å². The van der Waals surface area contributed by atoms with Crippen molar-refractivity contribution in [1.29, 1.82) is 0 Å². The van der Waals surface area contributed by atoms with Crippen molar-refractivity contribution < 1.29 is 27.9 Å². The molecule has 0 bridgehead atoms. The number of aromatic nitrogens is 2. The Bertz CT molecular complexity index is 1000. The summed E-state index contributed by atoms with van der Waals surface area (Å²) in [7, 11) is 0. The van der Waals surface area contributed by atoms with Gasteiger partial charge in [0.25, 0.3) is 0 Å². The lowest BCUT2D eigenvalue weighted by molar-refractivity contribution is -0.122. The zero-order chi connectivity index (χ0) is 23.1. The molecule has 0 spiro atoms. The van der Waals surface area contributed by atoms with E-state index in [-0.39, 0.29) is 38.2 Å². The molecule has 0 saturated carbocycles. The van der Waals surface area contributed by atoms with Crippen LogP contribution in [0.25, 0.3) is 0 Å². The summed E-state index contributed by atoms with van der Waals surface area (Å²) in [6.45, 7) is 7.24. The van der Waals surface area contributed by atoms with Gasteiger partial charge in [-0.2, -0.15) is 0 Å². The van der Waals surface area contributed by atoms with Crippen LogP contribution < -0.4 is 10.6 Å². The van der Waals surface area contributed by atoms with Crippen LogP contribution in [0, 0.1) is 27.7 Å². The number of nitrogens with zero attached hydrogens (tertiary/aromatic N) is 2. The number of nitrogens with one attached hydrogen (secondary N) is 2. The van der Waals surface area contributed by atoms with Gasteiger partial charge in [0, 0.05) is 11.4 Å². The van der Waals surface area contributed by atoms with E-state index >= 15 is 0 Å². The molecule has 0 aliphatic carbocycles. The molecule has 32 heavy (non-hydrogen) atoms. The summed E-state index contributed by atoms with van der Waals surface area (Å²) in [6.07, 6.45) is 3.18. The molecule has 0 saturated heterocycles. The second kappa shape index (κ2) is 10.7. The number of rotatable bonds is 10. The standard InChI is InChI=1S/C22H26N4O6/c1-13-7-23-21(31-13)11-29-9-19(27)25-17-5-6-18(16(4)15(17)3)26-20(28)10-30-12-22-24-8-14(2)32-22/h5-8H,9-12H2,1-4H3,(H,25,27)(H,26,28). The second-order valence-corrected chi connectivity index (χ2v) is 7.22. The quantitative estimate of drug-likeness (QED) is 0.490. The first-order chi connectivity index (χ1) is 15.3. The van der Waals surface area contributed by atoms with Crippen LogP contribution in [0.2, 0.25) is 0 Å². The zero-order valence-corrected chi connectivity index (χ0v) is 18.5. The minimum absolute atomic E-state index is 0.113. The van der Waals surface area contributed by atoms with Gasteiger partial charge in [-0.25, -0.2) is 9.97 Å². The Kier molecular flexibility index (Phi) is 7.74. The molecule has 0 fully saturated rings. The molecule has 0 aliphatic heterocycles. The number of anilines is 2. The Balaban J connectivity index is 1.46. The highest BCUT2D eigenvalue weighted by atomic mass is 16.5. The minimum atomic E-state index is -0.303. The van der Waals surface area contributed by atoms with Crippen molar-refractivity contribution in [1.82, 2.24) is 9.97 Å². The van der Waals surface area contributed by atoms with Crippen molar-refractivity contribution in [2.45, 2.75) is 40.9 Å². The van der Waals surface area contributed by atoms with Gasteiger partial charge in [-0.15, -0.1) is 0 Å². The smallest absolute Gasteiger partial charge is 0.250 e. The maximum atomic E-state index is 12.2. The summed E-state index contributed by atoms with van der Waals surface area (Å²) in [4.78, 5) is 32.4. The van der Waals surface area contributed by atoms with Crippen LogP contribution in [0.5, 0.6) is 0 Å². The normalized spacial score (nSPS) is 10.9. The molecular weight excluding hydrogens is 416 g/mol. The van der Waals surface area contributed by atoms with Gasteiger partial charge in [-0.1, -0.05) is 0 Å². The number of hydrogen-bond acceptors (Lipinski definition) is 8. The Labute approximate surface area is 185 Å². The molecule has 2 heterocycles. The van der Waals surface area contributed by atoms with E-state index in [2.05, 4.69) is 20.6 Å². The van der Waals surface area contributed by atoms with Crippen molar-refractivity contribution in [3.8, 4) is 0 Å². The third kappa shape index (κ3) is 6.50. The van der Waals surface area contributed by atoms with Gasteiger partial charge in [0.05, 0.1) is 12.4 Å². The van der Waals surface area contributed by atoms with E-state index in [1.165, 1.54) is 0 Å². The Morgan fingerprint density at radius 3 is 1.53 bits per heavy atom. The van der Waals surface area contributed by atoms with Gasteiger partial charge in [0.1, 0.15) is 37.9 Å². The molecule has 1 aromatic carbocycles. The van der Waals surface area contributed by atoms with Crippen LogP contribution in [-0.2, 0) is 32.3 Å². The third-order valence-corrected chi connectivity index (χ3v) is 4.59. The van der Waals surface area contributed by atoms with Crippen LogP contribution in [0.4, 0.5) is 11.4 Å². The van der Waals surface area contributed by atoms with Crippen molar-refractivity contribution in [3.05, 3.63) is 59.0 Å². The minimum Gasteiger partial charge on any atom is -0.443 e. The highest BCUT2D eigenvalue weighted by Crippen LogP contribution is 2.26. The maximum absolute atomic E-state index is 12.2. The lowest BCUT2D eigenvalue weighted by Crippen LogP contribution is -2.20. The fourth-order valence-corrected chi connectivity index (χ4v) is 2.86. The average Bonchev–Trinajstić information content (AvgIpc) is 3.35. The number of carbonyl (C=O) groups is 2. The SMILES string of the molecule is Cc1cnc(COCC(=O)Nc2ccc(NC(=O)COCc3ncc(C)o3)c(C)c2C)o1. The highest BCUT2D eigenvalue weighted by Gasteiger charge is 2.12. The fraction of sp³-hybridized carbons (Fsp3) is 0.364. The van der Waals surface area contributed by atoms with Gasteiger partial charge in [0.15, 0.2) is 0 Å². The predicted molar refractivity (Wildman–Crippen MR) is 115 cm³/mol. The summed E-state index contributed by atoms with van der Waals surface area (Å²) in [5.74, 6) is 1.60. The third-order valence-electron chi connectivity index (χ3n) is 4.59. The lowest BCUT2D eigenvalue weighted by atomic mass is 10.1. The van der Waals surface area contributed by atoms with E-state index in [9.17, 15) is 9.59 Å². The summed E-state index contributed by atoms with van der Waals surface area (Å²) in [6, 6.07) is 3.45. The highest BCUT2D eigenvalue weighted by molar-refractivity contribution is 5.95. The molecule has 0 aliphatic rings. The Hall–Kier alpha value is -3.50. The summed E-state index contributed by atoms with van der Waals surface area (Å²) >= 11 is 0. The first-order valence-corrected chi connectivity index (χ1v) is 10.00. The van der Waals surface area contributed by atoms with Crippen LogP contribution in [0.1, 0.15) is 34.4 Å². The number of ether oxygens (including phenoxy) is 2. The summed E-state index contributed by atoms with van der Waals surface area (Å²) < 4.78 is 21.3. The topological polar surface area (TPSA) is 129 Å². The lowest BCUT2D eigenvalue weighted by Gasteiger charge is -2.15. The van der Waals surface area contributed by atoms with E-state index < -0.39 is 0 Å². The average molecular weight is 442 g/mol. The molecule has 2 N–H and O–H groups in total. The summed E-state index contributed by atoms with van der Waals surface area (Å²) in [5.41, 5.74) is 2.93. The fourth-order valence-electron chi connectivity index (χ4n) is 2.86. The first-order valence-electron chi connectivity index (χ1n) is 10.00. The first kappa shape index (κ1) is 23.2. The van der Waals surface area contributed by atoms with Gasteiger partial charge in [0.2, 0.25) is 23.6 Å². The van der Waals surface area contributed by atoms with Crippen molar-refractivity contribution in [3.63, 3.8) is 0 Å². The Morgan fingerprint density at radius 2 is 1.19 bits per heavy atom. The molecule has 10 nitrogen and oxygen atoms in total. The van der Waals surface area contributed by atoms with Crippen LogP contribution in [-0.4, -0.2) is 35.0 Å². The van der Waals surface area contributed by atoms with E-state index in [1.54, 1.807) is 38.4 Å². The van der Waals surface area contributed by atoms with Crippen LogP contribution in [0.3, 0.4) is 0 Å². The molecule has 3 aromatic rings. The van der Waals surface area contributed by atoms with Crippen molar-refractivity contribution >= 4 is 23.2 Å². The number of carbonyl (C=O) groups excluding carboxylic acids is 2. The molecule has 0 radical (unpaired) electrons. The van der Waals surface area contributed by atoms with Gasteiger partial charge >= 0.3 is 0 Å². The molecule has 170 valence electrons. The summed E-state index contributed by atoms with van der Waals surface area (Å²) in [5, 5.41) is 5.62. The number of benzene rings is 1. The van der Waals surface area contributed by atoms with E-state index in [0.717, 1.165) is 11.1 Å². The monoisotopic (exact) mass is 442 g/mol. The van der Waals surface area contributed by atoms with Crippen LogP contribution >= 0.6 is 0 Å². The number of oxazole rings is 2. The van der Waals surface area contributed by atoms with Gasteiger partial charge < -0.3 is 28.9 Å². The van der Waals surface area contributed by atoms with E-state index in [0.29, 0.717) is 34.7 Å². The van der Waals surface area contributed by atoms with Crippen molar-refractivity contribution in [2.75, 3.05) is 23.8 Å². The predicted octanol–water partition coefficient (Wildman–Crippen LogP) is 3.21. The second-order valence-electron chi connectivity index (χ2n) is 7.22. The largest absolute Gasteiger partial charge is 0.443 e.